The summed E-state index contributed by atoms with van der Waals surface area (Å²) in [5, 5.41) is 7.12. The molecule has 0 unspecified atom stereocenters. The highest BCUT2D eigenvalue weighted by molar-refractivity contribution is 7.80. The Balaban J connectivity index is 0. The van der Waals surface area contributed by atoms with Gasteiger partial charge in [0, 0.05) is 0 Å². The van der Waals surface area contributed by atoms with E-state index >= 15 is 0 Å². The number of primary amides is 1. The lowest BCUT2D eigenvalue weighted by atomic mass is 10.2. The molecule has 1 amide bonds. The number of rotatable bonds is 3. The van der Waals surface area contributed by atoms with Crippen molar-refractivity contribution in [1.29, 1.82) is 0 Å². The zero-order valence-corrected chi connectivity index (χ0v) is 8.39. The molecule has 0 spiro atoms. The predicted octanol–water partition coefficient (Wildman–Crippen LogP) is -0.248. The quantitative estimate of drug-likeness (QED) is 0.517. The van der Waals surface area contributed by atoms with E-state index in [1.54, 1.807) is 0 Å². The third-order valence-corrected chi connectivity index (χ3v) is 1.31. The molecule has 0 fully saturated rings. The highest BCUT2D eigenvalue weighted by Crippen LogP contribution is 2.13. The molecule has 1 atom stereocenters. The summed E-state index contributed by atoms with van der Waals surface area (Å²) >= 11 is 3.87. The van der Waals surface area contributed by atoms with E-state index < -0.39 is 24.1 Å². The summed E-state index contributed by atoms with van der Waals surface area (Å²) in [5.41, 5.74) is 10.0. The van der Waals surface area contributed by atoms with E-state index in [0.29, 0.717) is 12.2 Å². The van der Waals surface area contributed by atoms with Crippen LogP contribution in [0.15, 0.2) is 0 Å². The second kappa shape index (κ2) is 7.35. The van der Waals surface area contributed by atoms with Gasteiger partial charge in [-0.3, -0.25) is 4.79 Å². The first kappa shape index (κ1) is 16.5. The SMILES string of the molecule is NC(=O)[C@@H](N)CCS.O=C(O)C(F)(F)F. The molecule has 0 aliphatic rings. The van der Waals surface area contributed by atoms with Crippen molar-refractivity contribution in [2.75, 3.05) is 5.75 Å². The number of carbonyl (C=O) groups is 2. The Morgan fingerprint density at radius 3 is 1.80 bits per heavy atom. The van der Waals surface area contributed by atoms with Gasteiger partial charge in [-0.25, -0.2) is 4.79 Å². The van der Waals surface area contributed by atoms with Crippen molar-refractivity contribution in [2.24, 2.45) is 11.5 Å². The van der Waals surface area contributed by atoms with Gasteiger partial charge in [-0.05, 0) is 12.2 Å². The van der Waals surface area contributed by atoms with E-state index in [2.05, 4.69) is 12.6 Å². The van der Waals surface area contributed by atoms with E-state index in [1.165, 1.54) is 0 Å². The third kappa shape index (κ3) is 11.0. The molecular formula is C6H11F3N2O3S. The van der Waals surface area contributed by atoms with Crippen LogP contribution in [0.25, 0.3) is 0 Å². The Morgan fingerprint density at radius 2 is 1.73 bits per heavy atom. The van der Waals surface area contributed by atoms with Crippen molar-refractivity contribution in [3.8, 4) is 0 Å². The van der Waals surface area contributed by atoms with Crippen LogP contribution in [0.2, 0.25) is 0 Å². The van der Waals surface area contributed by atoms with Crippen LogP contribution in [0.4, 0.5) is 13.2 Å². The highest BCUT2D eigenvalue weighted by Gasteiger charge is 2.38. The minimum absolute atomic E-state index is 0.459. The van der Waals surface area contributed by atoms with Crippen LogP contribution < -0.4 is 11.5 Å². The molecule has 0 aliphatic heterocycles. The molecule has 0 saturated heterocycles. The van der Waals surface area contributed by atoms with Gasteiger partial charge in [-0.2, -0.15) is 25.8 Å². The number of amides is 1. The van der Waals surface area contributed by atoms with Crippen LogP contribution >= 0.6 is 12.6 Å². The number of alkyl halides is 3. The van der Waals surface area contributed by atoms with E-state index in [4.69, 9.17) is 21.4 Å². The summed E-state index contributed by atoms with van der Waals surface area (Å²) in [5.74, 6) is -2.61. The minimum atomic E-state index is -5.08. The maximum atomic E-state index is 10.6. The largest absolute Gasteiger partial charge is 0.490 e. The first-order chi connectivity index (χ1) is 6.62. The number of carboxylic acid groups (broad SMARTS) is 1. The second-order valence-corrected chi connectivity index (χ2v) is 2.77. The Labute approximate surface area is 89.0 Å². The van der Waals surface area contributed by atoms with Gasteiger partial charge in [0.1, 0.15) is 0 Å². The number of carboxylic acids is 1. The van der Waals surface area contributed by atoms with Gasteiger partial charge < -0.3 is 16.6 Å². The van der Waals surface area contributed by atoms with Crippen molar-refractivity contribution in [3.63, 3.8) is 0 Å². The topological polar surface area (TPSA) is 106 Å². The lowest BCUT2D eigenvalue weighted by molar-refractivity contribution is -0.192. The number of aliphatic carboxylic acids is 1. The molecular weight excluding hydrogens is 237 g/mol. The van der Waals surface area contributed by atoms with Gasteiger partial charge in [0.25, 0.3) is 0 Å². The molecule has 0 saturated carbocycles. The normalized spacial score (nSPS) is 12.3. The number of carbonyl (C=O) groups excluding carboxylic acids is 1. The zero-order valence-electron chi connectivity index (χ0n) is 7.49. The smallest absolute Gasteiger partial charge is 0.475 e. The molecule has 0 rings (SSSR count). The molecule has 0 aromatic heterocycles. The van der Waals surface area contributed by atoms with E-state index in [9.17, 15) is 18.0 Å². The summed E-state index contributed by atoms with van der Waals surface area (Å²) < 4.78 is 31.7. The van der Waals surface area contributed by atoms with Crippen LogP contribution in [0, 0.1) is 0 Å². The Bertz CT molecular complexity index is 222. The predicted molar refractivity (Wildman–Crippen MR) is 49.3 cm³/mol. The zero-order chi connectivity index (χ0) is 12.6. The monoisotopic (exact) mass is 248 g/mol. The van der Waals surface area contributed by atoms with Crippen LogP contribution in [-0.2, 0) is 9.59 Å². The fourth-order valence-electron chi connectivity index (χ4n) is 0.281. The van der Waals surface area contributed by atoms with Gasteiger partial charge in [0.2, 0.25) is 5.91 Å². The van der Waals surface area contributed by atoms with Crippen molar-refractivity contribution >= 4 is 24.5 Å². The summed E-state index contributed by atoms with van der Waals surface area (Å²) in [7, 11) is 0. The van der Waals surface area contributed by atoms with Gasteiger partial charge in [0.15, 0.2) is 0 Å². The summed E-state index contributed by atoms with van der Waals surface area (Å²) in [6.45, 7) is 0. The van der Waals surface area contributed by atoms with Crippen LogP contribution in [0.5, 0.6) is 0 Å². The number of hydrogen-bond donors (Lipinski definition) is 4. The molecule has 5 N–H and O–H groups in total. The Hall–Kier alpha value is -0.960. The molecule has 90 valence electrons. The molecule has 0 aliphatic carbocycles. The van der Waals surface area contributed by atoms with Crippen LogP contribution in [0.3, 0.4) is 0 Å². The van der Waals surface area contributed by atoms with Crippen molar-refractivity contribution in [1.82, 2.24) is 0 Å². The molecule has 0 aromatic carbocycles. The van der Waals surface area contributed by atoms with Crippen molar-refractivity contribution in [2.45, 2.75) is 18.6 Å². The van der Waals surface area contributed by atoms with Gasteiger partial charge >= 0.3 is 12.1 Å². The van der Waals surface area contributed by atoms with E-state index in [-0.39, 0.29) is 0 Å². The first-order valence-electron chi connectivity index (χ1n) is 3.58. The third-order valence-electron chi connectivity index (χ3n) is 1.05. The van der Waals surface area contributed by atoms with E-state index in [1.807, 2.05) is 0 Å². The number of thiol groups is 1. The lowest BCUT2D eigenvalue weighted by Crippen LogP contribution is -2.36. The fraction of sp³-hybridized carbons (Fsp3) is 0.667. The molecule has 0 bridgehead atoms. The van der Waals surface area contributed by atoms with Gasteiger partial charge in [0.05, 0.1) is 6.04 Å². The molecule has 5 nitrogen and oxygen atoms in total. The van der Waals surface area contributed by atoms with Crippen LogP contribution in [-0.4, -0.2) is 35.0 Å². The average molecular weight is 248 g/mol. The van der Waals surface area contributed by atoms with Crippen molar-refractivity contribution < 1.29 is 27.9 Å². The maximum absolute atomic E-state index is 10.6. The summed E-state index contributed by atoms with van der Waals surface area (Å²) in [4.78, 5) is 19.0. The highest BCUT2D eigenvalue weighted by atomic mass is 32.1. The molecule has 9 heteroatoms. The standard InChI is InChI=1S/C4H10N2OS.C2HF3O2/c5-3(1-2-8)4(6)7;3-2(4,5)1(6)7/h3,8H,1-2,5H2,(H2,6,7);(H,6,7)/t3-;/m0./s1. The second-order valence-electron chi connectivity index (χ2n) is 2.32. The molecule has 0 heterocycles. The molecule has 15 heavy (non-hydrogen) atoms. The lowest BCUT2D eigenvalue weighted by Gasteiger charge is -2.01. The number of hydrogen-bond acceptors (Lipinski definition) is 4. The first-order valence-corrected chi connectivity index (χ1v) is 4.22. The summed E-state index contributed by atoms with van der Waals surface area (Å²) in [6.07, 6.45) is -4.53. The summed E-state index contributed by atoms with van der Waals surface area (Å²) in [6, 6.07) is -0.521. The van der Waals surface area contributed by atoms with Crippen LogP contribution in [0.1, 0.15) is 6.42 Å². The maximum Gasteiger partial charge on any atom is 0.490 e. The Kier molecular flexibility index (Phi) is 8.07. The van der Waals surface area contributed by atoms with E-state index in [0.717, 1.165) is 0 Å². The van der Waals surface area contributed by atoms with Gasteiger partial charge in [-0.1, -0.05) is 0 Å². The fourth-order valence-corrected chi connectivity index (χ4v) is 0.560. The van der Waals surface area contributed by atoms with Crippen molar-refractivity contribution in [3.05, 3.63) is 0 Å². The minimum Gasteiger partial charge on any atom is -0.475 e. The molecule has 0 radical (unpaired) electrons. The van der Waals surface area contributed by atoms with Gasteiger partial charge in [-0.15, -0.1) is 0 Å². The average Bonchev–Trinajstić information content (AvgIpc) is 2.03. The number of halogens is 3. The molecule has 0 aromatic rings. The number of nitrogens with two attached hydrogens (primary N) is 2. The Morgan fingerprint density at radius 1 is 1.40 bits per heavy atom.